The van der Waals surface area contributed by atoms with Crippen LogP contribution in [0.15, 0.2) is 0 Å². The highest BCUT2D eigenvalue weighted by molar-refractivity contribution is 6.17. The van der Waals surface area contributed by atoms with Gasteiger partial charge in [-0.2, -0.15) is 0 Å². The molecular weight excluding hydrogens is 144 g/mol. The van der Waals surface area contributed by atoms with Gasteiger partial charge in [-0.05, 0) is 11.6 Å². The molecule has 0 aromatic carbocycles. The van der Waals surface area contributed by atoms with Crippen molar-refractivity contribution in [2.24, 2.45) is 0 Å². The van der Waals surface area contributed by atoms with E-state index in [1.54, 1.807) is 0 Å². The van der Waals surface area contributed by atoms with Gasteiger partial charge in [-0.3, -0.25) is 0 Å². The summed E-state index contributed by atoms with van der Waals surface area (Å²) in [4.78, 5) is 0. The molecular formula is C5H9ClO3. The second-order valence-corrected chi connectivity index (χ2v) is 2.24. The van der Waals surface area contributed by atoms with E-state index in [0.29, 0.717) is 13.2 Å². The van der Waals surface area contributed by atoms with Crippen molar-refractivity contribution in [2.45, 2.75) is 12.9 Å². The van der Waals surface area contributed by atoms with Crippen LogP contribution in [0.4, 0.5) is 0 Å². The average Bonchev–Trinajstić information content (AvgIpc) is 2.08. The van der Waals surface area contributed by atoms with Crippen molar-refractivity contribution in [1.29, 1.82) is 0 Å². The van der Waals surface area contributed by atoms with Crippen LogP contribution in [0.1, 0.15) is 6.92 Å². The Morgan fingerprint density at radius 3 is 2.78 bits per heavy atom. The van der Waals surface area contributed by atoms with Gasteiger partial charge in [0.25, 0.3) is 0 Å². The zero-order valence-corrected chi connectivity index (χ0v) is 5.98. The highest BCUT2D eigenvalue weighted by atomic mass is 35.5. The molecule has 4 heteroatoms. The lowest BCUT2D eigenvalue weighted by atomic mass is 10.6. The number of alkyl halides is 1. The van der Waals surface area contributed by atoms with Crippen molar-refractivity contribution in [3.8, 4) is 0 Å². The molecule has 3 nitrogen and oxygen atoms in total. The molecule has 0 amide bonds. The number of halogens is 1. The molecule has 0 spiro atoms. The zero-order chi connectivity index (χ0) is 6.91. The first kappa shape index (κ1) is 7.28. The molecule has 0 radical (unpaired) electrons. The Balaban J connectivity index is 2.52. The van der Waals surface area contributed by atoms with Crippen LogP contribution in [0.2, 0.25) is 0 Å². The lowest BCUT2D eigenvalue weighted by Gasteiger charge is -2.32. The largest absolute Gasteiger partial charge is 0.761 e. The minimum Gasteiger partial charge on any atom is -0.761 e. The molecule has 9 heavy (non-hydrogen) atoms. The third kappa shape index (κ3) is 1.35. The number of hydrogen-bond acceptors (Lipinski definition) is 2. The van der Waals surface area contributed by atoms with Crippen molar-refractivity contribution in [2.75, 3.05) is 19.3 Å². The Hall–Kier alpha value is 0.170. The molecule has 1 aliphatic rings. The van der Waals surface area contributed by atoms with Gasteiger partial charge in [0.05, 0.1) is 0 Å². The predicted molar refractivity (Wildman–Crippen MR) is 31.0 cm³/mol. The van der Waals surface area contributed by atoms with Gasteiger partial charge in [0, 0.05) is 6.92 Å². The Morgan fingerprint density at radius 2 is 2.56 bits per heavy atom. The monoisotopic (exact) mass is 152 g/mol. The van der Waals surface area contributed by atoms with Crippen molar-refractivity contribution in [1.82, 2.24) is 0 Å². The van der Waals surface area contributed by atoms with Gasteiger partial charge in [-0.1, -0.05) is 0 Å². The van der Waals surface area contributed by atoms with E-state index >= 15 is 0 Å². The molecule has 1 unspecified atom stereocenters. The third-order valence-corrected chi connectivity index (χ3v) is 1.61. The summed E-state index contributed by atoms with van der Waals surface area (Å²) in [6.07, 6.45) is 0. The van der Waals surface area contributed by atoms with Crippen molar-refractivity contribution in [3.63, 3.8) is 0 Å². The van der Waals surface area contributed by atoms with Crippen LogP contribution in [0.5, 0.6) is 0 Å². The van der Waals surface area contributed by atoms with E-state index in [2.05, 4.69) is 4.37 Å². The standard InChI is InChI=1S/C5H9ClO3/c1-5(7)8-2-3-9(5)4-6/h2-4H2,1H3. The van der Waals surface area contributed by atoms with Gasteiger partial charge in [-0.15, -0.1) is 0 Å². The summed E-state index contributed by atoms with van der Waals surface area (Å²) in [5.41, 5.74) is 0. The molecule has 0 aromatic heterocycles. The second-order valence-electron chi connectivity index (χ2n) is 2.02. The minimum atomic E-state index is -1.47. The fourth-order valence-electron chi connectivity index (χ4n) is 0.750. The fourth-order valence-corrected chi connectivity index (χ4v) is 1.06. The van der Waals surface area contributed by atoms with Crippen molar-refractivity contribution in [3.05, 3.63) is 0 Å². The summed E-state index contributed by atoms with van der Waals surface area (Å²) in [5, 5.41) is 11.0. The summed E-state index contributed by atoms with van der Waals surface area (Å²) in [5.74, 6) is -1.47. The van der Waals surface area contributed by atoms with Gasteiger partial charge in [-0.25, -0.2) is 0 Å². The van der Waals surface area contributed by atoms with Gasteiger partial charge in [0.2, 0.25) is 12.0 Å². The molecule has 1 heterocycles. The maximum Gasteiger partial charge on any atom is 0.224 e. The van der Waals surface area contributed by atoms with Crippen LogP contribution < -0.4 is 5.11 Å². The van der Waals surface area contributed by atoms with Gasteiger partial charge >= 0.3 is 0 Å². The van der Waals surface area contributed by atoms with Crippen LogP contribution in [0.3, 0.4) is 0 Å². The molecule has 1 atom stereocenters. The van der Waals surface area contributed by atoms with Crippen LogP contribution in [0, 0.1) is 0 Å². The highest BCUT2D eigenvalue weighted by Gasteiger charge is 2.33. The molecule has 0 aromatic rings. The first-order chi connectivity index (χ1) is 4.17. The number of rotatable bonds is 1. The summed E-state index contributed by atoms with van der Waals surface area (Å²) >= 11 is 5.40. The third-order valence-electron chi connectivity index (χ3n) is 1.35. The molecule has 1 saturated heterocycles. The smallest absolute Gasteiger partial charge is 0.224 e. The molecule has 54 valence electrons. The first-order valence-corrected chi connectivity index (χ1v) is 3.28. The molecule has 0 aliphatic carbocycles. The SMILES string of the molecule is CC1([O-])OCC[O+]1CCl. The van der Waals surface area contributed by atoms with Crippen molar-refractivity contribution < 1.29 is 14.2 Å². The van der Waals surface area contributed by atoms with E-state index in [1.165, 1.54) is 6.92 Å². The van der Waals surface area contributed by atoms with Gasteiger partial charge < -0.3 is 14.2 Å². The van der Waals surface area contributed by atoms with E-state index in [0.717, 1.165) is 0 Å². The Morgan fingerprint density at radius 1 is 1.89 bits per heavy atom. The van der Waals surface area contributed by atoms with Crippen LogP contribution >= 0.6 is 11.6 Å². The minimum absolute atomic E-state index is 0.167. The Bertz CT molecular complexity index is 104. The lowest BCUT2D eigenvalue weighted by Crippen LogP contribution is -2.47. The molecule has 1 fully saturated rings. The maximum atomic E-state index is 11.0. The van der Waals surface area contributed by atoms with E-state index in [1.807, 2.05) is 0 Å². The van der Waals surface area contributed by atoms with E-state index in [4.69, 9.17) is 16.3 Å². The summed E-state index contributed by atoms with van der Waals surface area (Å²) < 4.78 is 7.10. The highest BCUT2D eigenvalue weighted by Crippen LogP contribution is 2.21. The van der Waals surface area contributed by atoms with Gasteiger partial charge in [0.15, 0.2) is 6.61 Å². The van der Waals surface area contributed by atoms with Crippen LogP contribution in [-0.4, -0.2) is 25.3 Å². The summed E-state index contributed by atoms with van der Waals surface area (Å²) in [6.45, 7) is 2.45. The van der Waals surface area contributed by atoms with E-state index in [-0.39, 0.29) is 6.07 Å². The van der Waals surface area contributed by atoms with Gasteiger partial charge in [0.1, 0.15) is 6.61 Å². The van der Waals surface area contributed by atoms with Crippen LogP contribution in [-0.2, 0) is 9.10 Å². The predicted octanol–water partition coefficient (Wildman–Crippen LogP) is -0.201. The van der Waals surface area contributed by atoms with Crippen LogP contribution in [0.25, 0.3) is 0 Å². The summed E-state index contributed by atoms with van der Waals surface area (Å²) in [7, 11) is 0. The maximum absolute atomic E-state index is 11.0. The average molecular weight is 153 g/mol. The van der Waals surface area contributed by atoms with Crippen molar-refractivity contribution >= 4 is 11.6 Å². The quantitative estimate of drug-likeness (QED) is 0.385. The molecule has 1 aliphatic heterocycles. The normalized spacial score (nSPS) is 37.7. The fraction of sp³-hybridized carbons (Fsp3) is 1.00. The van der Waals surface area contributed by atoms with E-state index in [9.17, 15) is 5.11 Å². The topological polar surface area (TPSA) is 35.0 Å². The molecule has 1 rings (SSSR count). The number of hydrogen-bond donors (Lipinski definition) is 0. The lowest BCUT2D eigenvalue weighted by molar-refractivity contribution is -0.643. The number of ether oxygens (including phenoxy) is 1. The molecule has 0 saturated carbocycles. The Kier molecular flexibility index (Phi) is 1.96. The second kappa shape index (κ2) is 2.42. The van der Waals surface area contributed by atoms with E-state index < -0.39 is 5.97 Å². The Labute approximate surface area is 58.8 Å². The summed E-state index contributed by atoms with van der Waals surface area (Å²) in [6, 6.07) is 0.167. The zero-order valence-electron chi connectivity index (χ0n) is 5.22. The first-order valence-electron chi connectivity index (χ1n) is 2.75. The molecule has 0 bridgehead atoms. The molecule has 0 N–H and O–H groups in total.